The quantitative estimate of drug-likeness (QED) is 0.839. The molecule has 0 radical (unpaired) electrons. The molecule has 1 saturated carbocycles. The van der Waals surface area contributed by atoms with Crippen LogP contribution >= 0.6 is 0 Å². The summed E-state index contributed by atoms with van der Waals surface area (Å²) < 4.78 is 49.2. The van der Waals surface area contributed by atoms with Gasteiger partial charge in [-0.05, 0) is 36.5 Å². The number of amides is 1. The second kappa shape index (κ2) is 5.19. The number of halogens is 4. The highest BCUT2D eigenvalue weighted by atomic mass is 19.4. The van der Waals surface area contributed by atoms with Gasteiger partial charge in [-0.2, -0.15) is 13.2 Å². The summed E-state index contributed by atoms with van der Waals surface area (Å²) in [6.45, 7) is 0. The number of nitrogens with one attached hydrogen (secondary N) is 1. The maximum absolute atomic E-state index is 12.8. The number of benzene rings is 1. The Bertz CT molecular complexity index is 451. The standard InChI is InChI=1S/C13H13F4NO/c14-10-5-3-9(4-6-10)12(8-1-2-8)18-11(19)7-13(15,16)17/h3-6,8,12H,1-2,7H2,(H,18,19). The molecule has 1 N–H and O–H groups in total. The van der Waals surface area contributed by atoms with Crippen molar-refractivity contribution in [1.29, 1.82) is 0 Å². The number of carbonyl (C=O) groups excluding carboxylic acids is 1. The van der Waals surface area contributed by atoms with E-state index in [-0.39, 0.29) is 5.92 Å². The summed E-state index contributed by atoms with van der Waals surface area (Å²) in [6.07, 6.45) is -4.29. The molecule has 1 fully saturated rings. The van der Waals surface area contributed by atoms with Gasteiger partial charge in [0.05, 0.1) is 6.04 Å². The smallest absolute Gasteiger partial charge is 0.349 e. The zero-order valence-electron chi connectivity index (χ0n) is 10.0. The van der Waals surface area contributed by atoms with Gasteiger partial charge in [0.2, 0.25) is 5.91 Å². The van der Waals surface area contributed by atoms with E-state index in [0.717, 1.165) is 12.8 Å². The molecule has 104 valence electrons. The molecular weight excluding hydrogens is 262 g/mol. The minimum atomic E-state index is -4.51. The van der Waals surface area contributed by atoms with Crippen LogP contribution in [0, 0.1) is 11.7 Å². The molecular formula is C13H13F4NO. The second-order valence-corrected chi connectivity index (χ2v) is 4.73. The van der Waals surface area contributed by atoms with E-state index < -0.39 is 30.4 Å². The lowest BCUT2D eigenvalue weighted by molar-refractivity contribution is -0.154. The predicted octanol–water partition coefficient (Wildman–Crippen LogP) is 3.35. The van der Waals surface area contributed by atoms with Crippen molar-refractivity contribution in [3.63, 3.8) is 0 Å². The topological polar surface area (TPSA) is 29.1 Å². The van der Waals surface area contributed by atoms with E-state index in [4.69, 9.17) is 0 Å². The van der Waals surface area contributed by atoms with Gasteiger partial charge in [0, 0.05) is 0 Å². The lowest BCUT2D eigenvalue weighted by Crippen LogP contribution is -2.33. The molecule has 0 aliphatic heterocycles. The Hall–Kier alpha value is -1.59. The van der Waals surface area contributed by atoms with Crippen LogP contribution in [-0.2, 0) is 4.79 Å². The molecule has 1 aliphatic rings. The largest absolute Gasteiger partial charge is 0.397 e. The number of rotatable bonds is 4. The van der Waals surface area contributed by atoms with Crippen LogP contribution in [-0.4, -0.2) is 12.1 Å². The van der Waals surface area contributed by atoms with E-state index >= 15 is 0 Å². The lowest BCUT2D eigenvalue weighted by Gasteiger charge is -2.19. The van der Waals surface area contributed by atoms with Gasteiger partial charge in [-0.15, -0.1) is 0 Å². The summed E-state index contributed by atoms with van der Waals surface area (Å²) >= 11 is 0. The van der Waals surface area contributed by atoms with Crippen LogP contribution in [0.25, 0.3) is 0 Å². The van der Waals surface area contributed by atoms with Crippen molar-refractivity contribution < 1.29 is 22.4 Å². The maximum Gasteiger partial charge on any atom is 0.397 e. The van der Waals surface area contributed by atoms with Crippen molar-refractivity contribution >= 4 is 5.91 Å². The van der Waals surface area contributed by atoms with Crippen LogP contribution in [0.15, 0.2) is 24.3 Å². The highest BCUT2D eigenvalue weighted by Crippen LogP contribution is 2.41. The van der Waals surface area contributed by atoms with E-state index in [1.165, 1.54) is 24.3 Å². The number of hydrogen-bond donors (Lipinski definition) is 1. The van der Waals surface area contributed by atoms with Crippen molar-refractivity contribution in [2.75, 3.05) is 0 Å². The van der Waals surface area contributed by atoms with Crippen molar-refractivity contribution in [2.24, 2.45) is 5.92 Å². The van der Waals surface area contributed by atoms with Crippen LogP contribution in [0.5, 0.6) is 0 Å². The predicted molar refractivity (Wildman–Crippen MR) is 60.7 cm³/mol. The van der Waals surface area contributed by atoms with Gasteiger partial charge in [0.1, 0.15) is 12.2 Å². The third kappa shape index (κ3) is 4.22. The van der Waals surface area contributed by atoms with Gasteiger partial charge in [0.25, 0.3) is 0 Å². The first-order valence-corrected chi connectivity index (χ1v) is 5.97. The average molecular weight is 275 g/mol. The first-order chi connectivity index (χ1) is 8.85. The zero-order valence-corrected chi connectivity index (χ0v) is 10.0. The molecule has 1 atom stereocenters. The average Bonchev–Trinajstić information content (AvgIpc) is 3.08. The second-order valence-electron chi connectivity index (χ2n) is 4.73. The van der Waals surface area contributed by atoms with E-state index in [9.17, 15) is 22.4 Å². The minimum absolute atomic E-state index is 0.141. The molecule has 0 aromatic heterocycles. The summed E-state index contributed by atoms with van der Waals surface area (Å²) in [6, 6.07) is 5.00. The molecule has 0 heterocycles. The van der Waals surface area contributed by atoms with Crippen molar-refractivity contribution in [3.05, 3.63) is 35.6 Å². The van der Waals surface area contributed by atoms with Crippen molar-refractivity contribution in [3.8, 4) is 0 Å². The summed E-state index contributed by atoms with van der Waals surface area (Å²) in [5.74, 6) is -1.32. The molecule has 0 spiro atoms. The monoisotopic (exact) mass is 275 g/mol. The maximum atomic E-state index is 12.8. The van der Waals surface area contributed by atoms with E-state index in [1.54, 1.807) is 0 Å². The molecule has 1 aromatic carbocycles. The SMILES string of the molecule is O=C(CC(F)(F)F)NC(c1ccc(F)cc1)C1CC1. The molecule has 1 aliphatic carbocycles. The van der Waals surface area contributed by atoms with Gasteiger partial charge in [-0.3, -0.25) is 4.79 Å². The zero-order chi connectivity index (χ0) is 14.0. The van der Waals surface area contributed by atoms with Crippen LogP contribution in [0.3, 0.4) is 0 Å². The van der Waals surface area contributed by atoms with Crippen LogP contribution in [0.4, 0.5) is 17.6 Å². The van der Waals surface area contributed by atoms with Crippen molar-refractivity contribution in [2.45, 2.75) is 31.5 Å². The van der Waals surface area contributed by atoms with Crippen LogP contribution in [0.2, 0.25) is 0 Å². The third-order valence-electron chi connectivity index (χ3n) is 3.00. The minimum Gasteiger partial charge on any atom is -0.349 e. The van der Waals surface area contributed by atoms with Crippen molar-refractivity contribution in [1.82, 2.24) is 5.32 Å². The molecule has 2 rings (SSSR count). The summed E-state index contributed by atoms with van der Waals surface area (Å²) in [5, 5.41) is 2.39. The molecule has 19 heavy (non-hydrogen) atoms. The molecule has 1 amide bonds. The summed E-state index contributed by atoms with van der Waals surface area (Å²) in [4.78, 5) is 11.3. The van der Waals surface area contributed by atoms with Gasteiger partial charge in [0.15, 0.2) is 0 Å². The first kappa shape index (κ1) is 13.8. The Labute approximate surface area is 107 Å². The molecule has 0 bridgehead atoms. The van der Waals surface area contributed by atoms with Gasteiger partial charge >= 0.3 is 6.18 Å². The molecule has 2 nitrogen and oxygen atoms in total. The third-order valence-corrected chi connectivity index (χ3v) is 3.00. The number of alkyl halides is 3. The first-order valence-electron chi connectivity index (χ1n) is 5.97. The number of hydrogen-bond acceptors (Lipinski definition) is 1. The Balaban J connectivity index is 2.05. The highest BCUT2D eigenvalue weighted by Gasteiger charge is 2.36. The van der Waals surface area contributed by atoms with Crippen LogP contribution in [0.1, 0.15) is 30.9 Å². The fourth-order valence-electron chi connectivity index (χ4n) is 1.98. The fourth-order valence-corrected chi connectivity index (χ4v) is 1.98. The molecule has 1 aromatic rings. The number of carbonyl (C=O) groups is 1. The Morgan fingerprint density at radius 3 is 2.32 bits per heavy atom. The van der Waals surface area contributed by atoms with E-state index in [0.29, 0.717) is 5.56 Å². The highest BCUT2D eigenvalue weighted by molar-refractivity contribution is 5.77. The molecule has 6 heteroatoms. The Morgan fingerprint density at radius 2 is 1.84 bits per heavy atom. The van der Waals surface area contributed by atoms with Gasteiger partial charge < -0.3 is 5.32 Å². The fraction of sp³-hybridized carbons (Fsp3) is 0.462. The summed E-state index contributed by atoms with van der Waals surface area (Å²) in [5.41, 5.74) is 0.638. The molecule has 0 saturated heterocycles. The Kier molecular flexibility index (Phi) is 3.78. The van der Waals surface area contributed by atoms with Gasteiger partial charge in [-0.1, -0.05) is 12.1 Å². The van der Waals surface area contributed by atoms with E-state index in [1.807, 2.05) is 0 Å². The summed E-state index contributed by atoms with van der Waals surface area (Å²) in [7, 11) is 0. The van der Waals surface area contributed by atoms with Gasteiger partial charge in [-0.25, -0.2) is 4.39 Å². The lowest BCUT2D eigenvalue weighted by atomic mass is 10.0. The Morgan fingerprint density at radius 1 is 1.26 bits per heavy atom. The van der Waals surface area contributed by atoms with Crippen LogP contribution < -0.4 is 5.32 Å². The van der Waals surface area contributed by atoms with E-state index in [2.05, 4.69) is 5.32 Å². The normalized spacial score (nSPS) is 17.1. The molecule has 1 unspecified atom stereocenters.